The van der Waals surface area contributed by atoms with E-state index in [0.717, 1.165) is 11.4 Å². The SMILES string of the molecule is COc1c[nH+]cc(NN)c1. The summed E-state index contributed by atoms with van der Waals surface area (Å²) in [4.78, 5) is 2.86. The molecule has 4 N–H and O–H groups in total. The number of nitrogens with one attached hydrogen (secondary N) is 2. The molecule has 0 unspecified atom stereocenters. The van der Waals surface area contributed by atoms with Gasteiger partial charge in [0.2, 0.25) is 6.20 Å². The van der Waals surface area contributed by atoms with Gasteiger partial charge < -0.3 is 10.2 Å². The molecule has 0 aliphatic carbocycles. The van der Waals surface area contributed by atoms with Gasteiger partial charge in [-0.05, 0) is 0 Å². The number of hydrazine groups is 1. The highest BCUT2D eigenvalue weighted by Gasteiger charge is 1.96. The van der Waals surface area contributed by atoms with Crippen molar-refractivity contribution in [3.8, 4) is 5.75 Å². The molecule has 0 saturated heterocycles. The Morgan fingerprint density at radius 3 is 3.00 bits per heavy atom. The Balaban J connectivity index is 2.87. The maximum Gasteiger partial charge on any atom is 0.209 e. The van der Waals surface area contributed by atoms with E-state index < -0.39 is 0 Å². The molecule has 0 aromatic carbocycles. The molecule has 1 heterocycles. The molecule has 54 valence electrons. The number of hydrogen-bond acceptors (Lipinski definition) is 3. The molecule has 1 rings (SSSR count). The minimum Gasteiger partial charge on any atom is -0.491 e. The number of anilines is 1. The van der Waals surface area contributed by atoms with Gasteiger partial charge in [-0.3, -0.25) is 5.84 Å². The van der Waals surface area contributed by atoms with Crippen LogP contribution in [-0.4, -0.2) is 7.11 Å². The molecule has 0 saturated carbocycles. The smallest absolute Gasteiger partial charge is 0.209 e. The van der Waals surface area contributed by atoms with E-state index >= 15 is 0 Å². The van der Waals surface area contributed by atoms with Crippen LogP contribution < -0.4 is 21.0 Å². The molecule has 0 atom stereocenters. The molecule has 10 heavy (non-hydrogen) atoms. The Labute approximate surface area is 59.0 Å². The average Bonchev–Trinajstić information content (AvgIpc) is 2.05. The van der Waals surface area contributed by atoms with Crippen molar-refractivity contribution in [1.29, 1.82) is 0 Å². The van der Waals surface area contributed by atoms with Gasteiger partial charge in [0, 0.05) is 6.07 Å². The minimum absolute atomic E-state index is 0.746. The first-order valence-corrected chi connectivity index (χ1v) is 2.88. The third-order valence-electron chi connectivity index (χ3n) is 1.16. The number of nitrogen functional groups attached to an aromatic ring is 1. The summed E-state index contributed by atoms with van der Waals surface area (Å²) >= 11 is 0. The van der Waals surface area contributed by atoms with Crippen molar-refractivity contribution in [1.82, 2.24) is 0 Å². The van der Waals surface area contributed by atoms with Gasteiger partial charge in [0.05, 0.1) is 7.11 Å². The second-order valence-electron chi connectivity index (χ2n) is 1.81. The number of aromatic nitrogens is 1. The summed E-state index contributed by atoms with van der Waals surface area (Å²) in [6.45, 7) is 0. The molecule has 0 aliphatic rings. The third-order valence-corrected chi connectivity index (χ3v) is 1.16. The number of methoxy groups -OCH3 is 1. The lowest BCUT2D eigenvalue weighted by atomic mass is 10.4. The van der Waals surface area contributed by atoms with E-state index in [4.69, 9.17) is 10.6 Å². The molecule has 0 aliphatic heterocycles. The fourth-order valence-electron chi connectivity index (χ4n) is 0.651. The molecule has 4 heteroatoms. The number of nitrogens with two attached hydrogens (primary N) is 1. The number of pyridine rings is 1. The summed E-state index contributed by atoms with van der Waals surface area (Å²) < 4.78 is 4.93. The molecule has 1 aromatic rings. The second kappa shape index (κ2) is 3.03. The van der Waals surface area contributed by atoms with Crippen LogP contribution in [0.5, 0.6) is 5.75 Å². The van der Waals surface area contributed by atoms with Crippen LogP contribution >= 0.6 is 0 Å². The maximum atomic E-state index is 5.15. The van der Waals surface area contributed by atoms with E-state index in [2.05, 4.69) is 10.4 Å². The summed E-state index contributed by atoms with van der Waals surface area (Å²) in [5.41, 5.74) is 3.28. The summed E-state index contributed by atoms with van der Waals surface area (Å²) in [6, 6.07) is 1.79. The van der Waals surface area contributed by atoms with Gasteiger partial charge in [-0.15, -0.1) is 0 Å². The van der Waals surface area contributed by atoms with E-state index in [1.54, 1.807) is 25.6 Å². The summed E-state index contributed by atoms with van der Waals surface area (Å²) in [6.07, 6.45) is 3.48. The Bertz CT molecular complexity index is 195. The standard InChI is InChI=1S/C6H9N3O/c1-10-6-2-5(9-7)3-8-4-6/h2-4,9H,7H2,1H3/p+1. The Hall–Kier alpha value is -1.29. The van der Waals surface area contributed by atoms with Crippen LogP contribution in [0.4, 0.5) is 5.69 Å². The molecule has 0 bridgehead atoms. The van der Waals surface area contributed by atoms with E-state index in [1.165, 1.54) is 0 Å². The molecule has 4 nitrogen and oxygen atoms in total. The van der Waals surface area contributed by atoms with Crippen molar-refractivity contribution in [2.75, 3.05) is 12.5 Å². The maximum absolute atomic E-state index is 5.15. The van der Waals surface area contributed by atoms with Crippen molar-refractivity contribution in [3.05, 3.63) is 18.5 Å². The molecule has 0 radical (unpaired) electrons. The van der Waals surface area contributed by atoms with E-state index in [1.807, 2.05) is 0 Å². The monoisotopic (exact) mass is 140 g/mol. The van der Waals surface area contributed by atoms with Crippen LogP contribution in [0.3, 0.4) is 0 Å². The predicted molar refractivity (Wildman–Crippen MR) is 37.4 cm³/mol. The van der Waals surface area contributed by atoms with Gasteiger partial charge in [-0.25, -0.2) is 4.98 Å². The number of H-pyrrole nitrogens is 1. The summed E-state index contributed by atoms with van der Waals surface area (Å²) in [5, 5.41) is 0. The zero-order valence-electron chi connectivity index (χ0n) is 5.72. The topological polar surface area (TPSA) is 61.4 Å². The molecule has 0 fully saturated rings. The van der Waals surface area contributed by atoms with Crippen LogP contribution in [0.25, 0.3) is 0 Å². The lowest BCUT2D eigenvalue weighted by Crippen LogP contribution is -2.11. The molecular formula is C6H10N3O+. The van der Waals surface area contributed by atoms with Crippen molar-refractivity contribution < 1.29 is 9.72 Å². The fraction of sp³-hybridized carbons (Fsp3) is 0.167. The minimum atomic E-state index is 0.746. The highest BCUT2D eigenvalue weighted by atomic mass is 16.5. The number of rotatable bonds is 2. The van der Waals surface area contributed by atoms with Crippen molar-refractivity contribution in [2.45, 2.75) is 0 Å². The van der Waals surface area contributed by atoms with Crippen LogP contribution in [0, 0.1) is 0 Å². The van der Waals surface area contributed by atoms with Gasteiger partial charge in [0.1, 0.15) is 5.69 Å². The second-order valence-corrected chi connectivity index (χ2v) is 1.81. The van der Waals surface area contributed by atoms with Crippen LogP contribution in [-0.2, 0) is 0 Å². The first-order valence-electron chi connectivity index (χ1n) is 2.88. The molecular weight excluding hydrogens is 130 g/mol. The Morgan fingerprint density at radius 1 is 1.60 bits per heavy atom. The van der Waals surface area contributed by atoms with Gasteiger partial charge in [-0.1, -0.05) is 0 Å². The average molecular weight is 140 g/mol. The number of ether oxygens (including phenoxy) is 1. The van der Waals surface area contributed by atoms with E-state index in [9.17, 15) is 0 Å². The summed E-state index contributed by atoms with van der Waals surface area (Å²) in [5.74, 6) is 5.89. The van der Waals surface area contributed by atoms with E-state index in [-0.39, 0.29) is 0 Å². The Kier molecular flexibility index (Phi) is 2.07. The van der Waals surface area contributed by atoms with E-state index in [0.29, 0.717) is 0 Å². The third kappa shape index (κ3) is 1.35. The zero-order chi connectivity index (χ0) is 7.40. The highest BCUT2D eigenvalue weighted by molar-refractivity contribution is 5.41. The number of aromatic amines is 1. The van der Waals surface area contributed by atoms with Gasteiger partial charge in [0.25, 0.3) is 0 Å². The van der Waals surface area contributed by atoms with Crippen molar-refractivity contribution in [2.24, 2.45) is 5.84 Å². The molecule has 0 spiro atoms. The van der Waals surface area contributed by atoms with Gasteiger partial charge >= 0.3 is 0 Å². The summed E-state index contributed by atoms with van der Waals surface area (Å²) in [7, 11) is 1.60. The normalized spacial score (nSPS) is 9.00. The van der Waals surface area contributed by atoms with Crippen LogP contribution in [0.15, 0.2) is 18.5 Å². The highest BCUT2D eigenvalue weighted by Crippen LogP contribution is 2.10. The largest absolute Gasteiger partial charge is 0.491 e. The van der Waals surface area contributed by atoms with Crippen molar-refractivity contribution >= 4 is 5.69 Å². The predicted octanol–water partition coefficient (Wildman–Crippen LogP) is -0.205. The fourth-order valence-corrected chi connectivity index (χ4v) is 0.651. The Morgan fingerprint density at radius 2 is 2.40 bits per heavy atom. The van der Waals surface area contributed by atoms with Gasteiger partial charge in [-0.2, -0.15) is 0 Å². The molecule has 0 amide bonds. The van der Waals surface area contributed by atoms with Gasteiger partial charge in [0.15, 0.2) is 11.9 Å². The molecule has 1 aromatic heterocycles. The first-order chi connectivity index (χ1) is 4.86. The quantitative estimate of drug-likeness (QED) is 0.441. The van der Waals surface area contributed by atoms with Crippen LogP contribution in [0.2, 0.25) is 0 Å². The first kappa shape index (κ1) is 6.82. The number of hydrogen-bond donors (Lipinski definition) is 2. The lowest BCUT2D eigenvalue weighted by molar-refractivity contribution is -0.377. The van der Waals surface area contributed by atoms with Crippen molar-refractivity contribution in [3.63, 3.8) is 0 Å². The lowest BCUT2D eigenvalue weighted by Gasteiger charge is -1.97. The zero-order valence-corrected chi connectivity index (χ0v) is 5.72. The van der Waals surface area contributed by atoms with Crippen LogP contribution in [0.1, 0.15) is 0 Å².